The second-order valence-electron chi connectivity index (χ2n) is 5.19. The number of hydrogen-bond donors (Lipinski definition) is 2. The Morgan fingerprint density at radius 3 is 2.40 bits per heavy atom. The quantitative estimate of drug-likeness (QED) is 0.748. The molecule has 0 aliphatic heterocycles. The van der Waals surface area contributed by atoms with E-state index in [1.54, 1.807) is 0 Å². The number of hydrogen-bond acceptors (Lipinski definition) is 3. The maximum Gasteiger partial charge on any atom is 0.408 e. The van der Waals surface area contributed by atoms with E-state index in [1.807, 2.05) is 20.8 Å². The molecule has 1 aliphatic carbocycles. The molecule has 0 heterocycles. The van der Waals surface area contributed by atoms with E-state index in [2.05, 4.69) is 17.6 Å². The van der Waals surface area contributed by atoms with Crippen molar-refractivity contribution in [1.29, 1.82) is 0 Å². The standard InChI is InChI=1S/C11H22N2O2/c1-5-12-8-11(6-7-11)13-9(14)15-10(2,3)4/h12H,5-8H2,1-4H3,(H,13,14). The van der Waals surface area contributed by atoms with Crippen LogP contribution in [-0.2, 0) is 4.74 Å². The van der Waals surface area contributed by atoms with Crippen LogP contribution >= 0.6 is 0 Å². The van der Waals surface area contributed by atoms with Gasteiger partial charge >= 0.3 is 6.09 Å². The first-order chi connectivity index (χ1) is 6.87. The highest BCUT2D eigenvalue weighted by Gasteiger charge is 2.44. The molecule has 0 radical (unpaired) electrons. The topological polar surface area (TPSA) is 50.4 Å². The minimum atomic E-state index is -0.418. The van der Waals surface area contributed by atoms with Gasteiger partial charge in [-0.2, -0.15) is 0 Å². The molecule has 0 atom stereocenters. The van der Waals surface area contributed by atoms with Gasteiger partial charge in [-0.25, -0.2) is 4.79 Å². The lowest BCUT2D eigenvalue weighted by Gasteiger charge is -2.23. The van der Waals surface area contributed by atoms with Gasteiger partial charge in [0.2, 0.25) is 0 Å². The normalized spacial score (nSPS) is 18.4. The number of ether oxygens (including phenoxy) is 1. The Kier molecular flexibility index (Phi) is 3.60. The van der Waals surface area contributed by atoms with Crippen molar-refractivity contribution < 1.29 is 9.53 Å². The predicted molar refractivity (Wildman–Crippen MR) is 59.9 cm³/mol. The van der Waals surface area contributed by atoms with Crippen LogP contribution < -0.4 is 10.6 Å². The van der Waals surface area contributed by atoms with Gasteiger partial charge in [-0.3, -0.25) is 0 Å². The van der Waals surface area contributed by atoms with E-state index >= 15 is 0 Å². The summed E-state index contributed by atoms with van der Waals surface area (Å²) in [6.45, 7) is 9.44. The van der Waals surface area contributed by atoms with E-state index in [0.29, 0.717) is 0 Å². The molecule has 15 heavy (non-hydrogen) atoms. The molecule has 88 valence electrons. The van der Waals surface area contributed by atoms with Gasteiger partial charge in [-0.05, 0) is 40.2 Å². The van der Waals surface area contributed by atoms with E-state index < -0.39 is 5.60 Å². The Bertz CT molecular complexity index is 229. The molecule has 1 amide bonds. The lowest BCUT2D eigenvalue weighted by atomic mass is 10.2. The second kappa shape index (κ2) is 4.39. The highest BCUT2D eigenvalue weighted by molar-refractivity contribution is 5.69. The van der Waals surface area contributed by atoms with Gasteiger partial charge in [0.25, 0.3) is 0 Å². The smallest absolute Gasteiger partial charge is 0.408 e. The molecule has 0 aromatic heterocycles. The van der Waals surface area contributed by atoms with Crippen molar-refractivity contribution in [3.63, 3.8) is 0 Å². The van der Waals surface area contributed by atoms with Crippen molar-refractivity contribution in [2.45, 2.75) is 51.7 Å². The van der Waals surface area contributed by atoms with Crippen molar-refractivity contribution in [2.75, 3.05) is 13.1 Å². The van der Waals surface area contributed by atoms with Crippen molar-refractivity contribution >= 4 is 6.09 Å². The SMILES string of the molecule is CCNCC1(NC(=O)OC(C)(C)C)CC1. The molecule has 0 unspecified atom stereocenters. The summed E-state index contributed by atoms with van der Waals surface area (Å²) in [5.74, 6) is 0. The Hall–Kier alpha value is -0.770. The molecule has 4 nitrogen and oxygen atoms in total. The molecule has 1 fully saturated rings. The third-order valence-electron chi connectivity index (χ3n) is 2.33. The van der Waals surface area contributed by atoms with Gasteiger partial charge in [0.1, 0.15) is 5.60 Å². The van der Waals surface area contributed by atoms with Crippen LogP contribution in [0, 0.1) is 0 Å². The number of rotatable bonds is 4. The fraction of sp³-hybridized carbons (Fsp3) is 0.909. The van der Waals surface area contributed by atoms with Gasteiger partial charge in [0.15, 0.2) is 0 Å². The Labute approximate surface area is 91.8 Å². The zero-order valence-corrected chi connectivity index (χ0v) is 10.1. The summed E-state index contributed by atoms with van der Waals surface area (Å²) >= 11 is 0. The molecule has 2 N–H and O–H groups in total. The molecule has 4 heteroatoms. The summed E-state index contributed by atoms with van der Waals surface area (Å²) in [4.78, 5) is 11.5. The van der Waals surface area contributed by atoms with E-state index in [9.17, 15) is 4.79 Å². The number of carbonyl (C=O) groups is 1. The van der Waals surface area contributed by atoms with E-state index in [1.165, 1.54) is 0 Å². The van der Waals surface area contributed by atoms with Crippen LogP contribution in [0.25, 0.3) is 0 Å². The number of carbonyl (C=O) groups excluding carboxylic acids is 1. The van der Waals surface area contributed by atoms with Gasteiger partial charge in [-0.1, -0.05) is 6.92 Å². The zero-order valence-electron chi connectivity index (χ0n) is 10.1. The first-order valence-corrected chi connectivity index (χ1v) is 5.59. The number of likely N-dealkylation sites (N-methyl/N-ethyl adjacent to an activating group) is 1. The predicted octanol–water partition coefficient (Wildman–Crippen LogP) is 1.65. The largest absolute Gasteiger partial charge is 0.444 e. The van der Waals surface area contributed by atoms with Crippen LogP contribution in [0.3, 0.4) is 0 Å². The Morgan fingerprint density at radius 2 is 2.00 bits per heavy atom. The van der Waals surface area contributed by atoms with Gasteiger partial charge in [0.05, 0.1) is 5.54 Å². The number of amides is 1. The van der Waals surface area contributed by atoms with Crippen LogP contribution in [-0.4, -0.2) is 30.3 Å². The van der Waals surface area contributed by atoms with Crippen LogP contribution in [0.4, 0.5) is 4.79 Å². The molecule has 0 aromatic carbocycles. The van der Waals surface area contributed by atoms with Gasteiger partial charge < -0.3 is 15.4 Å². The first-order valence-electron chi connectivity index (χ1n) is 5.59. The highest BCUT2D eigenvalue weighted by atomic mass is 16.6. The first kappa shape index (κ1) is 12.3. The molecule has 0 bridgehead atoms. The molecule has 1 saturated carbocycles. The zero-order chi connectivity index (χ0) is 11.5. The van der Waals surface area contributed by atoms with E-state index in [-0.39, 0.29) is 11.6 Å². The van der Waals surface area contributed by atoms with Crippen molar-refractivity contribution in [3.05, 3.63) is 0 Å². The maximum atomic E-state index is 11.5. The molecule has 1 aliphatic rings. The summed E-state index contributed by atoms with van der Waals surface area (Å²) in [7, 11) is 0. The minimum Gasteiger partial charge on any atom is -0.444 e. The number of alkyl carbamates (subject to hydrolysis) is 1. The van der Waals surface area contributed by atoms with Crippen molar-refractivity contribution in [2.24, 2.45) is 0 Å². The third-order valence-corrected chi connectivity index (χ3v) is 2.33. The summed E-state index contributed by atoms with van der Waals surface area (Å²) in [5, 5.41) is 6.18. The fourth-order valence-corrected chi connectivity index (χ4v) is 1.38. The number of nitrogens with one attached hydrogen (secondary N) is 2. The Morgan fingerprint density at radius 1 is 1.40 bits per heavy atom. The summed E-state index contributed by atoms with van der Waals surface area (Å²) in [6.07, 6.45) is 1.77. The summed E-state index contributed by atoms with van der Waals surface area (Å²) in [6, 6.07) is 0. The van der Waals surface area contributed by atoms with Crippen LogP contribution in [0.1, 0.15) is 40.5 Å². The maximum absolute atomic E-state index is 11.5. The highest BCUT2D eigenvalue weighted by Crippen LogP contribution is 2.34. The lowest BCUT2D eigenvalue weighted by molar-refractivity contribution is 0.0496. The average Bonchev–Trinajstić information content (AvgIpc) is 2.78. The monoisotopic (exact) mass is 214 g/mol. The Balaban J connectivity index is 2.31. The van der Waals surface area contributed by atoms with Crippen molar-refractivity contribution in [1.82, 2.24) is 10.6 Å². The second-order valence-corrected chi connectivity index (χ2v) is 5.19. The van der Waals surface area contributed by atoms with Crippen LogP contribution in [0.15, 0.2) is 0 Å². The third kappa shape index (κ3) is 4.51. The van der Waals surface area contributed by atoms with Crippen LogP contribution in [0.5, 0.6) is 0 Å². The fourth-order valence-electron chi connectivity index (χ4n) is 1.38. The molecule has 0 saturated heterocycles. The average molecular weight is 214 g/mol. The van der Waals surface area contributed by atoms with E-state index in [0.717, 1.165) is 25.9 Å². The van der Waals surface area contributed by atoms with Crippen molar-refractivity contribution in [3.8, 4) is 0 Å². The van der Waals surface area contributed by atoms with Gasteiger partial charge in [0, 0.05) is 6.54 Å². The summed E-state index contributed by atoms with van der Waals surface area (Å²) in [5.41, 5.74) is -0.462. The lowest BCUT2D eigenvalue weighted by Crippen LogP contribution is -2.46. The minimum absolute atomic E-state index is 0.0433. The molecule has 0 spiro atoms. The van der Waals surface area contributed by atoms with Gasteiger partial charge in [-0.15, -0.1) is 0 Å². The molecular formula is C11H22N2O2. The molecular weight excluding hydrogens is 192 g/mol. The van der Waals surface area contributed by atoms with Crippen LogP contribution in [0.2, 0.25) is 0 Å². The van der Waals surface area contributed by atoms with E-state index in [4.69, 9.17) is 4.74 Å². The molecule has 0 aromatic rings. The summed E-state index contributed by atoms with van der Waals surface area (Å²) < 4.78 is 5.22. The molecule has 1 rings (SSSR count).